The third-order valence-electron chi connectivity index (χ3n) is 2.69. The van der Waals surface area contributed by atoms with Gasteiger partial charge in [0.2, 0.25) is 0 Å². The van der Waals surface area contributed by atoms with Gasteiger partial charge in [-0.2, -0.15) is 13.2 Å². The Bertz CT molecular complexity index is 245. The number of carbonyl (C=O) groups excluding carboxylic acids is 1. The van der Waals surface area contributed by atoms with Gasteiger partial charge < -0.3 is 4.74 Å². The van der Waals surface area contributed by atoms with Crippen LogP contribution in [-0.4, -0.2) is 30.3 Å². The first-order valence-corrected chi connectivity index (χ1v) is 7.71. The Hall–Kier alpha value is -0.390. The molecule has 0 heterocycles. The van der Waals surface area contributed by atoms with Crippen molar-refractivity contribution in [2.45, 2.75) is 63.3 Å². The van der Waals surface area contributed by atoms with Crippen LogP contribution in [0.4, 0.5) is 13.2 Å². The van der Waals surface area contributed by atoms with Crippen LogP contribution in [0.5, 0.6) is 0 Å². The van der Waals surface area contributed by atoms with Crippen molar-refractivity contribution >= 4 is 17.7 Å². The summed E-state index contributed by atoms with van der Waals surface area (Å²) >= 11 is 1.55. The summed E-state index contributed by atoms with van der Waals surface area (Å²) in [5.74, 6) is 0.593. The molecule has 0 bridgehead atoms. The van der Waals surface area contributed by atoms with Crippen molar-refractivity contribution in [3.8, 4) is 0 Å². The van der Waals surface area contributed by atoms with Crippen LogP contribution >= 0.6 is 11.8 Å². The third kappa shape index (κ3) is 11.2. The summed E-state index contributed by atoms with van der Waals surface area (Å²) in [5.41, 5.74) is 0. The van der Waals surface area contributed by atoms with Crippen molar-refractivity contribution in [2.75, 3.05) is 12.9 Å². The molecule has 1 unspecified atom stereocenters. The van der Waals surface area contributed by atoms with Crippen LogP contribution in [-0.2, 0) is 9.53 Å². The van der Waals surface area contributed by atoms with E-state index >= 15 is 0 Å². The van der Waals surface area contributed by atoms with E-state index in [1.54, 1.807) is 11.8 Å². The van der Waals surface area contributed by atoms with Crippen molar-refractivity contribution in [1.29, 1.82) is 0 Å². The van der Waals surface area contributed by atoms with Gasteiger partial charge in [0.25, 0.3) is 0 Å². The largest absolute Gasteiger partial charge is 0.468 e. The van der Waals surface area contributed by atoms with Gasteiger partial charge in [-0.3, -0.25) is 4.79 Å². The molecule has 0 aliphatic carbocycles. The summed E-state index contributed by atoms with van der Waals surface area (Å²) in [6.07, 6.45) is -0.612. The van der Waals surface area contributed by atoms with Gasteiger partial charge in [-0.05, 0) is 25.0 Å². The topological polar surface area (TPSA) is 26.3 Å². The van der Waals surface area contributed by atoms with Crippen LogP contribution < -0.4 is 0 Å². The van der Waals surface area contributed by atoms with Crippen LogP contribution in [0, 0.1) is 0 Å². The summed E-state index contributed by atoms with van der Waals surface area (Å²) in [5, 5.41) is -0.134. The fourth-order valence-corrected chi connectivity index (χ4v) is 2.96. The molecule has 2 nitrogen and oxygen atoms in total. The minimum atomic E-state index is -4.04. The molecule has 1 atom stereocenters. The lowest BCUT2D eigenvalue weighted by Crippen LogP contribution is -2.19. The maximum atomic E-state index is 11.9. The van der Waals surface area contributed by atoms with Gasteiger partial charge in [-0.15, -0.1) is 11.8 Å². The first-order valence-electron chi connectivity index (χ1n) is 6.67. The van der Waals surface area contributed by atoms with E-state index in [0.717, 1.165) is 31.4 Å². The maximum Gasteiger partial charge on any atom is 0.389 e. The normalized spacial score (nSPS) is 13.3. The predicted octanol–water partition coefficient (Wildman–Crippen LogP) is 4.57. The molecule has 0 aromatic carbocycles. The average Bonchev–Trinajstić information content (AvgIpc) is 2.34. The van der Waals surface area contributed by atoms with E-state index in [0.29, 0.717) is 6.42 Å². The van der Waals surface area contributed by atoms with Gasteiger partial charge in [0.05, 0.1) is 7.11 Å². The Labute approximate surface area is 117 Å². The minimum absolute atomic E-state index is 0.134. The number of hydrogen-bond acceptors (Lipinski definition) is 3. The number of halogens is 3. The standard InChI is InChI=1S/C13H23F3O2S/c1-3-8-11(12(17)18-2)19-10-7-5-4-6-9-13(14,15)16/h11H,3-10H2,1-2H3. The Morgan fingerprint density at radius 3 is 2.37 bits per heavy atom. The van der Waals surface area contributed by atoms with Crippen molar-refractivity contribution < 1.29 is 22.7 Å². The molecule has 0 fully saturated rings. The van der Waals surface area contributed by atoms with E-state index in [9.17, 15) is 18.0 Å². The molecule has 0 aromatic rings. The Morgan fingerprint density at radius 1 is 1.21 bits per heavy atom. The van der Waals surface area contributed by atoms with E-state index in [1.165, 1.54) is 7.11 Å². The molecule has 6 heteroatoms. The van der Waals surface area contributed by atoms with Crippen molar-refractivity contribution in [2.24, 2.45) is 0 Å². The van der Waals surface area contributed by atoms with E-state index in [4.69, 9.17) is 4.74 Å². The Balaban J connectivity index is 3.58. The van der Waals surface area contributed by atoms with Gasteiger partial charge >= 0.3 is 12.1 Å². The lowest BCUT2D eigenvalue weighted by atomic mass is 10.1. The van der Waals surface area contributed by atoms with Crippen LogP contribution in [0.15, 0.2) is 0 Å². The molecule has 0 saturated carbocycles. The Kier molecular flexibility index (Phi) is 10.2. The summed E-state index contributed by atoms with van der Waals surface area (Å²) in [7, 11) is 1.38. The molecule has 0 aliphatic rings. The molecule has 0 saturated heterocycles. The molecule has 0 aliphatic heterocycles. The maximum absolute atomic E-state index is 11.9. The van der Waals surface area contributed by atoms with Crippen LogP contribution in [0.1, 0.15) is 51.9 Å². The van der Waals surface area contributed by atoms with E-state index in [-0.39, 0.29) is 17.6 Å². The highest BCUT2D eigenvalue weighted by molar-refractivity contribution is 8.00. The smallest absolute Gasteiger partial charge is 0.389 e. The quantitative estimate of drug-likeness (QED) is 0.436. The number of unbranched alkanes of at least 4 members (excludes halogenated alkanes) is 3. The van der Waals surface area contributed by atoms with E-state index in [2.05, 4.69) is 0 Å². The SMILES string of the molecule is CCCC(SCCCCCCC(F)(F)F)C(=O)OC. The fraction of sp³-hybridized carbons (Fsp3) is 0.923. The summed E-state index contributed by atoms with van der Waals surface area (Å²) < 4.78 is 40.4. The number of thioether (sulfide) groups is 1. The second-order valence-corrected chi connectivity index (χ2v) is 5.76. The highest BCUT2D eigenvalue weighted by Gasteiger charge is 2.25. The number of hydrogen-bond donors (Lipinski definition) is 0. The van der Waals surface area contributed by atoms with Crippen molar-refractivity contribution in [1.82, 2.24) is 0 Å². The average molecular weight is 300 g/mol. The molecule has 0 spiro atoms. The summed E-state index contributed by atoms with van der Waals surface area (Å²) in [4.78, 5) is 11.4. The molecule has 0 radical (unpaired) electrons. The molecule has 0 rings (SSSR count). The number of ether oxygens (including phenoxy) is 1. The molecule has 0 amide bonds. The zero-order valence-corrected chi connectivity index (χ0v) is 12.4. The lowest BCUT2D eigenvalue weighted by Gasteiger charge is -2.13. The number of esters is 1. The first kappa shape index (κ1) is 18.6. The van der Waals surface area contributed by atoms with E-state index < -0.39 is 12.6 Å². The van der Waals surface area contributed by atoms with Crippen molar-refractivity contribution in [3.63, 3.8) is 0 Å². The monoisotopic (exact) mass is 300 g/mol. The number of rotatable bonds is 10. The van der Waals surface area contributed by atoms with Gasteiger partial charge in [-0.25, -0.2) is 0 Å². The molecule has 0 N–H and O–H groups in total. The van der Waals surface area contributed by atoms with Crippen LogP contribution in [0.3, 0.4) is 0 Å². The molecule has 0 aromatic heterocycles. The third-order valence-corrected chi connectivity index (χ3v) is 4.04. The second-order valence-electron chi connectivity index (χ2n) is 4.45. The lowest BCUT2D eigenvalue weighted by molar-refractivity contribution is -0.140. The molecule has 19 heavy (non-hydrogen) atoms. The predicted molar refractivity (Wildman–Crippen MR) is 72.3 cm³/mol. The second kappa shape index (κ2) is 10.4. The number of carbonyl (C=O) groups is 1. The van der Waals surface area contributed by atoms with Gasteiger partial charge in [0.1, 0.15) is 5.25 Å². The zero-order valence-electron chi connectivity index (χ0n) is 11.6. The van der Waals surface area contributed by atoms with E-state index in [1.807, 2.05) is 6.92 Å². The molecular weight excluding hydrogens is 277 g/mol. The van der Waals surface area contributed by atoms with Gasteiger partial charge in [-0.1, -0.05) is 26.2 Å². The zero-order chi connectivity index (χ0) is 14.7. The highest BCUT2D eigenvalue weighted by Crippen LogP contribution is 2.24. The van der Waals surface area contributed by atoms with Crippen molar-refractivity contribution in [3.05, 3.63) is 0 Å². The first-order chi connectivity index (χ1) is 8.90. The highest BCUT2D eigenvalue weighted by atomic mass is 32.2. The number of alkyl halides is 3. The van der Waals surface area contributed by atoms with Gasteiger partial charge in [0.15, 0.2) is 0 Å². The fourth-order valence-electron chi connectivity index (χ4n) is 1.67. The van der Waals surface area contributed by atoms with Crippen LogP contribution in [0.2, 0.25) is 0 Å². The minimum Gasteiger partial charge on any atom is -0.468 e. The molecular formula is C13H23F3O2S. The molecule has 114 valence electrons. The number of methoxy groups -OCH3 is 1. The summed E-state index contributed by atoms with van der Waals surface area (Å²) in [6, 6.07) is 0. The summed E-state index contributed by atoms with van der Waals surface area (Å²) in [6.45, 7) is 2.01. The van der Waals surface area contributed by atoms with Gasteiger partial charge in [0, 0.05) is 6.42 Å². The Morgan fingerprint density at radius 2 is 1.84 bits per heavy atom. The van der Waals surface area contributed by atoms with Crippen LogP contribution in [0.25, 0.3) is 0 Å².